The summed E-state index contributed by atoms with van der Waals surface area (Å²) in [6, 6.07) is 11.4. The quantitative estimate of drug-likeness (QED) is 0.519. The van der Waals surface area contributed by atoms with Crippen molar-refractivity contribution in [3.8, 4) is 0 Å². The first-order chi connectivity index (χ1) is 15.4. The summed E-state index contributed by atoms with van der Waals surface area (Å²) in [6.45, 7) is 3.79. The molecule has 0 radical (unpaired) electrons. The Morgan fingerprint density at radius 3 is 2.24 bits per heavy atom. The van der Waals surface area contributed by atoms with Crippen molar-refractivity contribution in [1.29, 1.82) is 0 Å². The predicted octanol–water partition coefficient (Wildman–Crippen LogP) is 4.01. The molecule has 0 bridgehead atoms. The molecule has 2 aromatic carbocycles. The van der Waals surface area contributed by atoms with Crippen molar-refractivity contribution in [3.63, 3.8) is 0 Å². The lowest BCUT2D eigenvalue weighted by atomic mass is 10.1. The van der Waals surface area contributed by atoms with Gasteiger partial charge in [-0.2, -0.15) is 0 Å². The van der Waals surface area contributed by atoms with E-state index in [9.17, 15) is 18.0 Å². The Balaban J connectivity index is 2.17. The fourth-order valence-corrected chi connectivity index (χ4v) is 4.72. The van der Waals surface area contributed by atoms with Crippen molar-refractivity contribution in [2.75, 3.05) is 24.2 Å². The molecule has 2 amide bonds. The highest BCUT2D eigenvalue weighted by Crippen LogP contribution is 2.27. The van der Waals surface area contributed by atoms with E-state index < -0.39 is 16.1 Å². The van der Waals surface area contributed by atoms with Gasteiger partial charge in [-0.15, -0.1) is 0 Å². The highest BCUT2D eigenvalue weighted by Gasteiger charge is 2.26. The Hall–Kier alpha value is -2.29. The van der Waals surface area contributed by atoms with Crippen molar-refractivity contribution >= 4 is 50.7 Å². The maximum atomic E-state index is 13.1. The number of nitrogens with one attached hydrogen (secondary N) is 1. The molecule has 2 aromatic rings. The number of aryl methyl sites for hydroxylation is 1. The number of nitrogens with zero attached hydrogens (tertiary/aromatic N) is 2. The van der Waals surface area contributed by atoms with Crippen LogP contribution in [0, 0.1) is 6.92 Å². The van der Waals surface area contributed by atoms with Gasteiger partial charge in [0, 0.05) is 36.6 Å². The number of carbonyl (C=O) groups excluding carboxylic acids is 2. The minimum Gasteiger partial charge on any atom is -0.357 e. The number of hydrogen-bond acceptors (Lipinski definition) is 4. The summed E-state index contributed by atoms with van der Waals surface area (Å²) in [5, 5.41) is 3.57. The first kappa shape index (κ1) is 27.0. The molecule has 1 N–H and O–H groups in total. The number of anilines is 1. The molecule has 0 spiro atoms. The van der Waals surface area contributed by atoms with Gasteiger partial charge in [0.1, 0.15) is 6.04 Å². The number of hydrogen-bond donors (Lipinski definition) is 1. The van der Waals surface area contributed by atoms with Gasteiger partial charge in [0.2, 0.25) is 21.8 Å². The van der Waals surface area contributed by atoms with E-state index in [0.29, 0.717) is 15.7 Å². The Labute approximate surface area is 205 Å². The average Bonchev–Trinajstić information content (AvgIpc) is 2.76. The molecule has 0 unspecified atom stereocenters. The highest BCUT2D eigenvalue weighted by molar-refractivity contribution is 7.92. The molecule has 0 aliphatic rings. The van der Waals surface area contributed by atoms with Gasteiger partial charge in [0.15, 0.2) is 0 Å². The van der Waals surface area contributed by atoms with Crippen LogP contribution in [0.3, 0.4) is 0 Å². The lowest BCUT2D eigenvalue weighted by Gasteiger charge is -2.29. The van der Waals surface area contributed by atoms with Crippen LogP contribution in [0.1, 0.15) is 30.9 Å². The molecule has 0 fully saturated rings. The zero-order valence-electron chi connectivity index (χ0n) is 19.1. The van der Waals surface area contributed by atoms with Crippen LogP contribution in [0.2, 0.25) is 10.0 Å². The predicted molar refractivity (Wildman–Crippen MR) is 133 cm³/mol. The van der Waals surface area contributed by atoms with Crippen molar-refractivity contribution < 1.29 is 18.0 Å². The lowest BCUT2D eigenvalue weighted by Crippen LogP contribution is -2.46. The van der Waals surface area contributed by atoms with Crippen LogP contribution in [-0.2, 0) is 26.2 Å². The smallest absolute Gasteiger partial charge is 0.242 e. The molecule has 0 aliphatic heterocycles. The topological polar surface area (TPSA) is 86.8 Å². The number of benzene rings is 2. The van der Waals surface area contributed by atoms with E-state index in [-0.39, 0.29) is 37.7 Å². The van der Waals surface area contributed by atoms with Crippen molar-refractivity contribution in [2.45, 2.75) is 39.3 Å². The molecule has 0 aliphatic carbocycles. The summed E-state index contributed by atoms with van der Waals surface area (Å²) in [5.41, 5.74) is 2.07. The van der Waals surface area contributed by atoms with Gasteiger partial charge < -0.3 is 10.2 Å². The van der Waals surface area contributed by atoms with Crippen LogP contribution in [-0.4, -0.2) is 51.0 Å². The highest BCUT2D eigenvalue weighted by atomic mass is 35.5. The van der Waals surface area contributed by atoms with E-state index in [2.05, 4.69) is 5.32 Å². The number of rotatable bonds is 10. The zero-order valence-corrected chi connectivity index (χ0v) is 21.5. The van der Waals surface area contributed by atoms with Gasteiger partial charge in [-0.1, -0.05) is 41.4 Å². The third-order valence-corrected chi connectivity index (χ3v) is 6.94. The molecule has 7 nitrogen and oxygen atoms in total. The van der Waals surface area contributed by atoms with Crippen LogP contribution in [0.15, 0.2) is 42.5 Å². The Kier molecular flexibility index (Phi) is 9.57. The molecule has 10 heteroatoms. The minimum absolute atomic E-state index is 0.0700. The molecular formula is C23H29Cl2N3O4S. The summed E-state index contributed by atoms with van der Waals surface area (Å²) in [5.74, 6) is -0.540. The second-order valence-corrected chi connectivity index (χ2v) is 10.6. The van der Waals surface area contributed by atoms with Gasteiger partial charge in [-0.05, 0) is 55.7 Å². The van der Waals surface area contributed by atoms with Crippen LogP contribution < -0.4 is 9.62 Å². The third-order valence-electron chi connectivity index (χ3n) is 5.27. The number of sulfonamides is 1. The van der Waals surface area contributed by atoms with Gasteiger partial charge in [-0.3, -0.25) is 13.9 Å². The van der Waals surface area contributed by atoms with E-state index in [1.807, 2.05) is 0 Å². The Morgan fingerprint density at radius 2 is 1.67 bits per heavy atom. The molecular weight excluding hydrogens is 485 g/mol. The van der Waals surface area contributed by atoms with Crippen molar-refractivity contribution in [1.82, 2.24) is 10.2 Å². The molecule has 0 aromatic heterocycles. The summed E-state index contributed by atoms with van der Waals surface area (Å²) < 4.78 is 26.1. The van der Waals surface area contributed by atoms with E-state index in [1.165, 1.54) is 16.3 Å². The van der Waals surface area contributed by atoms with Crippen molar-refractivity contribution in [3.05, 3.63) is 63.6 Å². The largest absolute Gasteiger partial charge is 0.357 e. The first-order valence-electron chi connectivity index (χ1n) is 10.4. The fraction of sp³-hybridized carbons (Fsp3) is 0.391. The van der Waals surface area contributed by atoms with E-state index in [1.54, 1.807) is 56.3 Å². The zero-order chi connectivity index (χ0) is 24.8. The number of carbonyl (C=O) groups is 2. The fourth-order valence-electron chi connectivity index (χ4n) is 3.41. The number of halogens is 2. The molecule has 33 heavy (non-hydrogen) atoms. The molecule has 2 rings (SSSR count). The first-order valence-corrected chi connectivity index (χ1v) is 13.0. The molecule has 1 atom stereocenters. The van der Waals surface area contributed by atoms with Crippen LogP contribution in [0.5, 0.6) is 0 Å². The van der Waals surface area contributed by atoms with Gasteiger partial charge in [0.05, 0.1) is 11.9 Å². The van der Waals surface area contributed by atoms with Crippen molar-refractivity contribution in [2.24, 2.45) is 0 Å². The second kappa shape index (κ2) is 11.7. The van der Waals surface area contributed by atoms with Crippen LogP contribution in [0.25, 0.3) is 0 Å². The normalized spacial score (nSPS) is 12.2. The minimum atomic E-state index is -3.59. The maximum absolute atomic E-state index is 13.1. The maximum Gasteiger partial charge on any atom is 0.242 e. The number of amides is 2. The van der Waals surface area contributed by atoms with Gasteiger partial charge in [0.25, 0.3) is 0 Å². The van der Waals surface area contributed by atoms with Gasteiger partial charge in [-0.25, -0.2) is 8.42 Å². The van der Waals surface area contributed by atoms with Crippen LogP contribution >= 0.6 is 23.2 Å². The second-order valence-electron chi connectivity index (χ2n) is 7.81. The molecule has 0 heterocycles. The molecule has 0 saturated carbocycles. The van der Waals surface area contributed by atoms with E-state index in [4.69, 9.17) is 23.2 Å². The molecule has 0 saturated heterocycles. The molecule has 180 valence electrons. The summed E-state index contributed by atoms with van der Waals surface area (Å²) in [4.78, 5) is 26.8. The summed E-state index contributed by atoms with van der Waals surface area (Å²) in [7, 11) is -2.07. The Morgan fingerprint density at radius 1 is 1.06 bits per heavy atom. The lowest BCUT2D eigenvalue weighted by molar-refractivity contribution is -0.140. The Bertz CT molecular complexity index is 1090. The number of likely N-dealkylation sites (N-methyl/N-ethyl adjacent to an activating group) is 1. The monoisotopic (exact) mass is 513 g/mol. The van der Waals surface area contributed by atoms with Gasteiger partial charge >= 0.3 is 0 Å². The summed E-state index contributed by atoms with van der Waals surface area (Å²) >= 11 is 12.0. The summed E-state index contributed by atoms with van der Waals surface area (Å²) in [6.07, 6.45) is 1.46. The SMILES string of the molecule is CNC(=O)[C@@H](C)N(Cc1ccc(Cl)cc1)C(=O)CCCN(c1cc(Cl)ccc1C)S(C)(=O)=O. The van der Waals surface area contributed by atoms with Crippen LogP contribution in [0.4, 0.5) is 5.69 Å². The third kappa shape index (κ3) is 7.62. The standard InChI is InChI=1S/C23H29Cl2N3O4S/c1-16-7-10-20(25)14-21(16)28(33(4,31)32)13-5-6-22(29)27(17(2)23(30)26-3)15-18-8-11-19(24)12-9-18/h7-12,14,17H,5-6,13,15H2,1-4H3,(H,26,30)/t17-/m1/s1. The van der Waals surface area contributed by atoms with E-state index in [0.717, 1.165) is 17.4 Å². The van der Waals surface area contributed by atoms with E-state index >= 15 is 0 Å². The average molecular weight is 514 g/mol.